The summed E-state index contributed by atoms with van der Waals surface area (Å²) in [6.07, 6.45) is -1.81. The second kappa shape index (κ2) is 2.93. The zero-order valence-corrected chi connectivity index (χ0v) is 8.68. The van der Waals surface area contributed by atoms with Crippen LogP contribution in [0.4, 0.5) is 13.2 Å². The van der Waals surface area contributed by atoms with Gasteiger partial charge in [-0.3, -0.25) is 0 Å². The second-order valence-corrected chi connectivity index (χ2v) is 4.67. The summed E-state index contributed by atoms with van der Waals surface area (Å²) < 4.78 is 39.0. The van der Waals surface area contributed by atoms with Gasteiger partial charge in [-0.1, -0.05) is 12.2 Å². The van der Waals surface area contributed by atoms with Gasteiger partial charge in [0.25, 0.3) is 0 Å². The first-order valence-electron chi connectivity index (χ1n) is 4.60. The molecule has 1 fully saturated rings. The monoisotopic (exact) mass is 246 g/mol. The first-order chi connectivity index (χ1) is 7.33. The van der Waals surface area contributed by atoms with Crippen LogP contribution in [0.15, 0.2) is 12.2 Å². The lowest BCUT2D eigenvalue weighted by atomic mass is 9.69. The van der Waals surface area contributed by atoms with Gasteiger partial charge in [0.15, 0.2) is 10.3 Å². The lowest BCUT2D eigenvalue weighted by Gasteiger charge is -2.39. The van der Waals surface area contributed by atoms with Crippen molar-refractivity contribution in [2.24, 2.45) is 17.3 Å². The van der Waals surface area contributed by atoms with Gasteiger partial charge in [0.05, 0.1) is 12.1 Å². The largest absolute Gasteiger partial charge is 0.410 e. The molecule has 3 atom stereocenters. The number of allylic oxidation sites excluding steroid dienone is 2. The Kier molecular flexibility index (Phi) is 2.06. The fraction of sp³-hybridized carbons (Fsp3) is 0.600. The molecule has 1 saturated carbocycles. The summed E-state index contributed by atoms with van der Waals surface area (Å²) in [5, 5.41) is 17.9. The third-order valence-corrected chi connectivity index (χ3v) is 4.28. The summed E-state index contributed by atoms with van der Waals surface area (Å²) in [6, 6.07) is 2.98. The Morgan fingerprint density at radius 3 is 2.06 bits per heavy atom. The van der Waals surface area contributed by atoms with Crippen LogP contribution in [0.25, 0.3) is 0 Å². The van der Waals surface area contributed by atoms with E-state index in [1.54, 1.807) is 0 Å². The molecule has 0 aliphatic heterocycles. The minimum Gasteiger partial charge on any atom is -0.196 e. The molecule has 0 saturated heterocycles. The predicted molar refractivity (Wildman–Crippen MR) is 49.0 cm³/mol. The zero-order valence-electron chi connectivity index (χ0n) is 7.92. The highest BCUT2D eigenvalue weighted by Gasteiger charge is 2.77. The molecule has 0 amide bonds. The molecule has 2 aliphatic carbocycles. The summed E-state index contributed by atoms with van der Waals surface area (Å²) in [7, 11) is 0. The van der Waals surface area contributed by atoms with Crippen LogP contribution in [0.3, 0.4) is 0 Å². The maximum absolute atomic E-state index is 13.0. The van der Waals surface area contributed by atoms with E-state index in [9.17, 15) is 13.2 Å². The van der Waals surface area contributed by atoms with Crippen molar-refractivity contribution in [3.63, 3.8) is 0 Å². The molecule has 0 aromatic heterocycles. The molecule has 2 aliphatic rings. The summed E-state index contributed by atoms with van der Waals surface area (Å²) in [6.45, 7) is 0. The van der Waals surface area contributed by atoms with Crippen molar-refractivity contribution in [2.45, 2.75) is 17.5 Å². The minimum atomic E-state index is -4.77. The Hall–Kier alpha value is -1.20. The number of hydrogen-bond donors (Lipinski definition) is 0. The van der Waals surface area contributed by atoms with E-state index in [1.807, 2.05) is 0 Å². The Morgan fingerprint density at radius 1 is 1.19 bits per heavy atom. The number of nitrogens with zero attached hydrogens (tertiary/aromatic N) is 2. The maximum atomic E-state index is 13.0. The molecular formula is C10H6ClF3N2. The van der Waals surface area contributed by atoms with E-state index in [0.29, 0.717) is 0 Å². The van der Waals surface area contributed by atoms with Crippen LogP contribution in [0.2, 0.25) is 0 Å². The summed E-state index contributed by atoms with van der Waals surface area (Å²) >= 11 is 5.65. The summed E-state index contributed by atoms with van der Waals surface area (Å²) in [5.41, 5.74) is -2.20. The van der Waals surface area contributed by atoms with Gasteiger partial charge < -0.3 is 0 Å². The molecule has 84 valence electrons. The summed E-state index contributed by atoms with van der Waals surface area (Å²) in [5.74, 6) is -1.72. The molecule has 0 aromatic rings. The highest BCUT2D eigenvalue weighted by molar-refractivity contribution is 6.26. The van der Waals surface area contributed by atoms with Gasteiger partial charge in [0.1, 0.15) is 0 Å². The van der Waals surface area contributed by atoms with Crippen molar-refractivity contribution >= 4 is 11.6 Å². The molecule has 0 N–H and O–H groups in total. The van der Waals surface area contributed by atoms with Crippen LogP contribution >= 0.6 is 11.6 Å². The lowest BCUT2D eigenvalue weighted by molar-refractivity contribution is -0.181. The smallest absolute Gasteiger partial charge is 0.196 e. The molecule has 16 heavy (non-hydrogen) atoms. The highest BCUT2D eigenvalue weighted by Crippen LogP contribution is 2.66. The topological polar surface area (TPSA) is 47.6 Å². The quantitative estimate of drug-likeness (QED) is 0.487. The van der Waals surface area contributed by atoms with E-state index in [4.69, 9.17) is 22.1 Å². The van der Waals surface area contributed by atoms with Crippen LogP contribution in [0.1, 0.15) is 6.42 Å². The Morgan fingerprint density at radius 2 is 1.69 bits per heavy atom. The van der Waals surface area contributed by atoms with E-state index in [2.05, 4.69) is 0 Å². The molecule has 0 aromatic carbocycles. The van der Waals surface area contributed by atoms with Crippen molar-refractivity contribution in [2.75, 3.05) is 0 Å². The van der Waals surface area contributed by atoms with Crippen molar-refractivity contribution in [3.05, 3.63) is 12.2 Å². The average Bonchev–Trinajstić information content (AvgIpc) is 2.75. The highest BCUT2D eigenvalue weighted by atomic mass is 35.5. The lowest BCUT2D eigenvalue weighted by Crippen LogP contribution is -2.55. The van der Waals surface area contributed by atoms with Gasteiger partial charge in [-0.05, 0) is 6.42 Å². The SMILES string of the molecule is N#CC1(C#N)[C@@H]2C=C[C@H](C2)[C@]1(Cl)C(F)(F)F. The van der Waals surface area contributed by atoms with E-state index in [0.717, 1.165) is 0 Å². The number of nitriles is 2. The first-order valence-corrected chi connectivity index (χ1v) is 4.97. The van der Waals surface area contributed by atoms with E-state index in [1.165, 1.54) is 24.3 Å². The Bertz CT molecular complexity index is 428. The van der Waals surface area contributed by atoms with Gasteiger partial charge in [-0.2, -0.15) is 23.7 Å². The standard InChI is InChI=1S/C10H6ClF3N2/c11-9(10(12,13)14)7-2-1-6(3-7)8(9,4-15)5-16/h1-2,6-7H,3H2/t6-,7-,9-/m1/s1. The average molecular weight is 247 g/mol. The fourth-order valence-electron chi connectivity index (χ4n) is 2.66. The van der Waals surface area contributed by atoms with E-state index in [-0.39, 0.29) is 6.42 Å². The first kappa shape index (κ1) is 11.3. The van der Waals surface area contributed by atoms with Crippen molar-refractivity contribution in [1.82, 2.24) is 0 Å². The fourth-order valence-corrected chi connectivity index (χ4v) is 3.05. The zero-order chi connectivity index (χ0) is 12.2. The number of halogens is 4. The van der Waals surface area contributed by atoms with Crippen LogP contribution < -0.4 is 0 Å². The predicted octanol–water partition coefficient (Wildman–Crippen LogP) is 2.77. The Labute approximate surface area is 94.9 Å². The molecule has 0 radical (unpaired) electrons. The molecule has 0 spiro atoms. The van der Waals surface area contributed by atoms with Crippen molar-refractivity contribution in [3.8, 4) is 12.1 Å². The van der Waals surface area contributed by atoms with Crippen LogP contribution in [-0.4, -0.2) is 11.1 Å². The van der Waals surface area contributed by atoms with Crippen LogP contribution in [0.5, 0.6) is 0 Å². The number of hydrogen-bond acceptors (Lipinski definition) is 2. The van der Waals surface area contributed by atoms with Crippen molar-refractivity contribution < 1.29 is 13.2 Å². The minimum absolute atomic E-state index is 0.115. The van der Waals surface area contributed by atoms with Gasteiger partial charge in [0.2, 0.25) is 0 Å². The number of rotatable bonds is 0. The molecule has 6 heteroatoms. The van der Waals surface area contributed by atoms with Gasteiger partial charge in [0, 0.05) is 11.8 Å². The third kappa shape index (κ3) is 0.929. The van der Waals surface area contributed by atoms with Crippen LogP contribution in [-0.2, 0) is 0 Å². The number of fused-ring (bicyclic) bond motifs is 2. The van der Waals surface area contributed by atoms with E-state index < -0.39 is 28.3 Å². The third-order valence-electron chi connectivity index (χ3n) is 3.49. The number of alkyl halides is 4. The van der Waals surface area contributed by atoms with Gasteiger partial charge >= 0.3 is 6.18 Å². The molecular weight excluding hydrogens is 241 g/mol. The van der Waals surface area contributed by atoms with Gasteiger partial charge in [-0.15, -0.1) is 11.6 Å². The Balaban J connectivity index is 2.67. The van der Waals surface area contributed by atoms with Gasteiger partial charge in [-0.25, -0.2) is 0 Å². The van der Waals surface area contributed by atoms with Crippen molar-refractivity contribution in [1.29, 1.82) is 10.5 Å². The molecule has 2 rings (SSSR count). The normalized spacial score (nSPS) is 39.4. The van der Waals surface area contributed by atoms with E-state index >= 15 is 0 Å². The maximum Gasteiger partial charge on any atom is 0.410 e. The molecule has 0 heterocycles. The summed E-state index contributed by atoms with van der Waals surface area (Å²) in [4.78, 5) is -2.77. The molecule has 2 bridgehead atoms. The van der Waals surface area contributed by atoms with Crippen LogP contribution in [0, 0.1) is 39.9 Å². The second-order valence-electron chi connectivity index (χ2n) is 4.07. The molecule has 0 unspecified atom stereocenters. The molecule has 2 nitrogen and oxygen atoms in total.